The Labute approximate surface area is 148 Å². The van der Waals surface area contributed by atoms with Crippen LogP contribution in [0.1, 0.15) is 32.1 Å². The Morgan fingerprint density at radius 2 is 1.96 bits per heavy atom. The summed E-state index contributed by atoms with van der Waals surface area (Å²) < 4.78 is 0. The van der Waals surface area contributed by atoms with Gasteiger partial charge in [0.05, 0.1) is 11.3 Å². The second-order valence-electron chi connectivity index (χ2n) is 7.09. The van der Waals surface area contributed by atoms with Crippen molar-refractivity contribution in [2.45, 2.75) is 38.1 Å². The van der Waals surface area contributed by atoms with Crippen molar-refractivity contribution in [3.05, 3.63) is 46.4 Å². The molecule has 5 heteroatoms. The quantitative estimate of drug-likeness (QED) is 0.720. The normalized spacial score (nSPS) is 27.7. The summed E-state index contributed by atoms with van der Waals surface area (Å²) in [4.78, 5) is 22.3. The van der Waals surface area contributed by atoms with Gasteiger partial charge in [0, 0.05) is 24.9 Å². The molecule has 2 atom stereocenters. The molecule has 3 aliphatic heterocycles. The van der Waals surface area contributed by atoms with Crippen LogP contribution in [-0.4, -0.2) is 35.3 Å². The summed E-state index contributed by atoms with van der Waals surface area (Å²) in [5.41, 5.74) is 2.36. The summed E-state index contributed by atoms with van der Waals surface area (Å²) in [5, 5.41) is 2.31. The Bertz CT molecular complexity index is 860. The monoisotopic (exact) mass is 343 g/mol. The number of benzene rings is 1. The van der Waals surface area contributed by atoms with Gasteiger partial charge in [0.1, 0.15) is 11.5 Å². The third kappa shape index (κ3) is 1.99. The van der Waals surface area contributed by atoms with E-state index in [-0.39, 0.29) is 18.3 Å². The topological polar surface area (TPSA) is 35.9 Å². The molecule has 24 heavy (non-hydrogen) atoms. The molecule has 1 amide bonds. The first-order valence-corrected chi connectivity index (χ1v) is 8.71. The van der Waals surface area contributed by atoms with Crippen LogP contribution in [0.2, 0.25) is 0 Å². The zero-order valence-corrected chi connectivity index (χ0v) is 14.7. The number of halogens is 1. The molecule has 1 aromatic rings. The molecule has 5 rings (SSSR count). The van der Waals surface area contributed by atoms with Crippen LogP contribution < -0.4 is 10.6 Å². The van der Waals surface area contributed by atoms with Crippen LogP contribution in [-0.2, 0) is 4.79 Å². The minimum Gasteiger partial charge on any atom is -0.355 e. The van der Waals surface area contributed by atoms with E-state index in [1.165, 1.54) is 23.6 Å². The van der Waals surface area contributed by atoms with E-state index in [1.807, 2.05) is 11.0 Å². The van der Waals surface area contributed by atoms with Crippen molar-refractivity contribution in [1.29, 1.82) is 0 Å². The van der Waals surface area contributed by atoms with Crippen LogP contribution in [0.25, 0.3) is 5.57 Å². The third-order valence-corrected chi connectivity index (χ3v) is 5.94. The lowest BCUT2D eigenvalue weighted by molar-refractivity contribution is -0.143. The number of hydrogen-bond acceptors (Lipinski definition) is 3. The molecule has 1 saturated carbocycles. The summed E-state index contributed by atoms with van der Waals surface area (Å²) >= 11 is 0. The Balaban J connectivity index is 0.00000146. The van der Waals surface area contributed by atoms with Crippen molar-refractivity contribution in [3.63, 3.8) is 0 Å². The van der Waals surface area contributed by atoms with Gasteiger partial charge >= 0.3 is 0 Å². The highest BCUT2D eigenvalue weighted by atomic mass is 35.5. The van der Waals surface area contributed by atoms with Gasteiger partial charge in [0.15, 0.2) is 0 Å². The highest BCUT2D eigenvalue weighted by molar-refractivity contribution is 5.86. The highest BCUT2D eigenvalue weighted by Crippen LogP contribution is 2.41. The second-order valence-corrected chi connectivity index (χ2v) is 7.09. The van der Waals surface area contributed by atoms with E-state index >= 15 is 0 Å². The molecule has 0 aromatic heterocycles. The molecule has 0 bridgehead atoms. The minimum atomic E-state index is 0. The number of carbonyl (C=O) groups excluding carboxylic acids is 1. The van der Waals surface area contributed by atoms with Crippen LogP contribution in [0.15, 0.2) is 40.8 Å². The van der Waals surface area contributed by atoms with Crippen molar-refractivity contribution < 1.29 is 4.79 Å². The zero-order valence-electron chi connectivity index (χ0n) is 13.9. The number of amides is 1. The summed E-state index contributed by atoms with van der Waals surface area (Å²) in [6.07, 6.45) is 5.50. The minimum absolute atomic E-state index is 0. The number of carbonyl (C=O) groups is 1. The maximum absolute atomic E-state index is 13.0. The summed E-state index contributed by atoms with van der Waals surface area (Å²) in [6, 6.07) is 8.70. The van der Waals surface area contributed by atoms with Crippen LogP contribution in [0, 0.1) is 5.92 Å². The SMILES string of the molecule is CN1C2=C3N=c4ccccc4=C3CCN2C(=O)C2CCCCC21.Cl. The van der Waals surface area contributed by atoms with E-state index in [9.17, 15) is 4.79 Å². The van der Waals surface area contributed by atoms with Crippen molar-refractivity contribution in [3.8, 4) is 0 Å². The van der Waals surface area contributed by atoms with Gasteiger partial charge < -0.3 is 4.90 Å². The lowest BCUT2D eigenvalue weighted by Crippen LogP contribution is -2.58. The van der Waals surface area contributed by atoms with Gasteiger partial charge in [-0.3, -0.25) is 9.69 Å². The average molecular weight is 344 g/mol. The molecular weight excluding hydrogens is 322 g/mol. The fourth-order valence-electron chi connectivity index (χ4n) is 4.83. The van der Waals surface area contributed by atoms with Crippen LogP contribution in [0.3, 0.4) is 0 Å². The fraction of sp³-hybridized carbons (Fsp3) is 0.474. The molecule has 3 heterocycles. The Morgan fingerprint density at radius 3 is 2.83 bits per heavy atom. The number of para-hydroxylation sites is 1. The third-order valence-electron chi connectivity index (χ3n) is 5.94. The van der Waals surface area contributed by atoms with E-state index in [0.29, 0.717) is 11.9 Å². The van der Waals surface area contributed by atoms with Crippen LogP contribution in [0.5, 0.6) is 0 Å². The zero-order chi connectivity index (χ0) is 15.6. The van der Waals surface area contributed by atoms with Gasteiger partial charge in [-0.2, -0.15) is 0 Å². The van der Waals surface area contributed by atoms with E-state index < -0.39 is 0 Å². The van der Waals surface area contributed by atoms with Gasteiger partial charge in [0.2, 0.25) is 5.91 Å². The van der Waals surface area contributed by atoms with E-state index in [2.05, 4.69) is 30.1 Å². The molecule has 1 aliphatic carbocycles. The number of rotatable bonds is 0. The number of nitrogens with zero attached hydrogens (tertiary/aromatic N) is 3. The summed E-state index contributed by atoms with van der Waals surface area (Å²) in [6.45, 7) is 0.796. The largest absolute Gasteiger partial charge is 0.355 e. The predicted octanol–water partition coefficient (Wildman–Crippen LogP) is 1.80. The van der Waals surface area contributed by atoms with Crippen molar-refractivity contribution in [1.82, 2.24) is 9.80 Å². The molecule has 0 N–H and O–H groups in total. The van der Waals surface area contributed by atoms with Gasteiger partial charge in [-0.1, -0.05) is 31.0 Å². The smallest absolute Gasteiger partial charge is 0.233 e. The highest BCUT2D eigenvalue weighted by Gasteiger charge is 2.46. The first-order chi connectivity index (χ1) is 11.3. The molecule has 0 radical (unpaired) electrons. The number of fused-ring (bicyclic) bond motifs is 4. The molecular formula is C19H22ClN3O. The van der Waals surface area contributed by atoms with Gasteiger partial charge in [-0.05, 0) is 30.9 Å². The van der Waals surface area contributed by atoms with E-state index in [0.717, 1.165) is 42.7 Å². The summed E-state index contributed by atoms with van der Waals surface area (Å²) in [7, 11) is 2.16. The molecule has 126 valence electrons. The molecule has 4 aliphatic rings. The van der Waals surface area contributed by atoms with Crippen molar-refractivity contribution >= 4 is 23.9 Å². The standard InChI is InChI=1S/C19H21N3O.ClH/c1-21-16-9-5-3-7-14(16)19(23)22-11-10-13-12-6-2-4-8-15(12)20-17(13)18(21)22;/h2,4,6,8,14,16H,3,5,7,9-11H2,1H3;1H. The number of hydrogen-bond donors (Lipinski definition) is 0. The van der Waals surface area contributed by atoms with Gasteiger partial charge in [-0.25, -0.2) is 4.99 Å². The van der Waals surface area contributed by atoms with E-state index in [4.69, 9.17) is 4.99 Å². The molecule has 2 fully saturated rings. The Morgan fingerprint density at radius 1 is 1.17 bits per heavy atom. The fourth-order valence-corrected chi connectivity index (χ4v) is 4.83. The van der Waals surface area contributed by atoms with E-state index in [1.54, 1.807) is 0 Å². The molecule has 2 unspecified atom stereocenters. The predicted molar refractivity (Wildman–Crippen MR) is 94.7 cm³/mol. The molecule has 1 saturated heterocycles. The molecule has 4 nitrogen and oxygen atoms in total. The van der Waals surface area contributed by atoms with Crippen LogP contribution in [0.4, 0.5) is 0 Å². The average Bonchev–Trinajstić information content (AvgIpc) is 2.98. The Kier molecular flexibility index (Phi) is 3.68. The van der Waals surface area contributed by atoms with Crippen molar-refractivity contribution in [2.24, 2.45) is 10.9 Å². The van der Waals surface area contributed by atoms with Crippen molar-refractivity contribution in [2.75, 3.05) is 13.6 Å². The number of allylic oxidation sites excluding steroid dienone is 1. The summed E-state index contributed by atoms with van der Waals surface area (Å²) in [5.74, 6) is 1.57. The second kappa shape index (κ2) is 5.62. The van der Waals surface area contributed by atoms with Crippen LogP contribution >= 0.6 is 12.4 Å². The molecule has 0 spiro atoms. The lowest BCUT2D eigenvalue weighted by Gasteiger charge is -2.50. The first kappa shape index (κ1) is 15.7. The van der Waals surface area contributed by atoms with Gasteiger partial charge in [-0.15, -0.1) is 12.4 Å². The Hall–Kier alpha value is -1.81. The van der Waals surface area contributed by atoms with Gasteiger partial charge in [0.25, 0.3) is 0 Å². The lowest BCUT2D eigenvalue weighted by atomic mass is 9.80. The maximum atomic E-state index is 13.0. The first-order valence-electron chi connectivity index (χ1n) is 8.71. The molecule has 1 aromatic carbocycles. The maximum Gasteiger partial charge on any atom is 0.233 e.